The van der Waals surface area contributed by atoms with Crippen molar-refractivity contribution in [2.24, 2.45) is 0 Å². The summed E-state index contributed by atoms with van der Waals surface area (Å²) in [5, 5.41) is 12.2. The average Bonchev–Trinajstić information content (AvgIpc) is 2.77. The number of pyridine rings is 2. The molecule has 2 N–H and O–H groups in total. The Kier molecular flexibility index (Phi) is 9.42. The smallest absolute Gasteiger partial charge is 0.340 e. The number of carbonyl (C=O) groups is 1. The molecule has 2 aromatic heterocycles. The quantitative estimate of drug-likeness (QED) is 0.362. The van der Waals surface area contributed by atoms with Gasteiger partial charge in [0.1, 0.15) is 17.0 Å². The van der Waals surface area contributed by atoms with Gasteiger partial charge in [0.15, 0.2) is 0 Å². The van der Waals surface area contributed by atoms with E-state index < -0.39 is 5.60 Å². The summed E-state index contributed by atoms with van der Waals surface area (Å²) in [5.74, 6) is 0.486. The standard InChI is InChI=1S/C12H15NO.C11H13NO2.2CH4BN/c1-8-11-10(6-5-7-13-11)9(2)14-12(8,3)4;1-7-9-8(5-4-6-12-9)10(13)14-11(7,2)3;2*1-2-3/h5-8H,2H2,1,3-4H3;4-7H,1-3H3;2*3H,1H3/t8-;7-;;/m01../s1/i7D;6D;;. The fraction of sp³-hybridized carbons (Fsp3) is 0.480. The number of ether oxygens (including phenoxy) is 2. The van der Waals surface area contributed by atoms with Crippen molar-refractivity contribution in [3.05, 3.63) is 65.7 Å². The van der Waals surface area contributed by atoms with Crippen LogP contribution in [0.25, 0.3) is 5.76 Å². The third kappa shape index (κ3) is 7.02. The first-order valence-electron chi connectivity index (χ1n) is 12.1. The van der Waals surface area contributed by atoms with Gasteiger partial charge in [-0.05, 0) is 52.0 Å². The molecule has 2 aliphatic heterocycles. The fourth-order valence-electron chi connectivity index (χ4n) is 3.32. The number of nitrogens with one attached hydrogen (secondary N) is 2. The molecule has 2 atom stereocenters. The summed E-state index contributed by atoms with van der Waals surface area (Å²) in [6, 6.07) is 6.64. The second kappa shape index (κ2) is 12.5. The number of aromatic nitrogens is 2. The van der Waals surface area contributed by atoms with E-state index in [9.17, 15) is 4.79 Å². The van der Waals surface area contributed by atoms with Crippen LogP contribution in [0.5, 0.6) is 0 Å². The Hall–Kier alpha value is -2.96. The molecule has 2 aliphatic rings. The first kappa shape index (κ1) is 25.7. The van der Waals surface area contributed by atoms with Crippen LogP contribution >= 0.6 is 0 Å². The minimum atomic E-state index is -0.551. The number of rotatable bonds is 0. The summed E-state index contributed by atoms with van der Waals surface area (Å²) in [4.78, 5) is 20.0. The molecule has 0 spiro atoms. The van der Waals surface area contributed by atoms with E-state index in [1.165, 1.54) is 20.2 Å². The van der Waals surface area contributed by atoms with E-state index in [-0.39, 0.29) is 29.6 Å². The molecule has 0 unspecified atom stereocenters. The molecule has 0 aromatic carbocycles. The molecule has 0 saturated carbocycles. The van der Waals surface area contributed by atoms with Crippen LogP contribution in [0.1, 0.15) is 83.4 Å². The van der Waals surface area contributed by atoms with E-state index >= 15 is 0 Å². The van der Waals surface area contributed by atoms with Crippen LogP contribution in [0.15, 0.2) is 43.2 Å². The molecule has 0 amide bonds. The first-order chi connectivity index (χ1) is 16.7. The van der Waals surface area contributed by atoms with Crippen molar-refractivity contribution < 1.29 is 17.0 Å². The van der Waals surface area contributed by atoms with Crippen LogP contribution in [0.3, 0.4) is 0 Å². The summed E-state index contributed by atoms with van der Waals surface area (Å²) in [6.45, 7) is 19.0. The maximum atomic E-state index is 11.6. The second-order valence-electron chi connectivity index (χ2n) is 8.89. The van der Waals surface area contributed by atoms with E-state index in [0.717, 1.165) is 11.3 Å². The predicted molar refractivity (Wildman–Crippen MR) is 138 cm³/mol. The average molecular weight is 464 g/mol. The maximum absolute atomic E-state index is 11.6. The Labute approximate surface area is 207 Å². The van der Waals surface area contributed by atoms with Gasteiger partial charge < -0.3 is 9.47 Å². The number of fused-ring (bicyclic) bond motifs is 2. The van der Waals surface area contributed by atoms with Gasteiger partial charge in [-0.25, -0.2) is 4.79 Å². The van der Waals surface area contributed by atoms with Crippen LogP contribution in [0.2, 0.25) is 13.6 Å². The second-order valence-corrected chi connectivity index (χ2v) is 8.89. The van der Waals surface area contributed by atoms with Gasteiger partial charge in [0, 0.05) is 29.7 Å². The molecule has 0 aliphatic carbocycles. The zero-order chi connectivity index (χ0) is 27.8. The third-order valence-corrected chi connectivity index (χ3v) is 5.74. The molecule has 9 heteroatoms. The van der Waals surface area contributed by atoms with Crippen molar-refractivity contribution in [3.8, 4) is 0 Å². The number of hydrogen-bond acceptors (Lipinski definition) is 7. The van der Waals surface area contributed by atoms with Crippen LogP contribution in [-0.2, 0) is 9.47 Å². The van der Waals surface area contributed by atoms with E-state index in [4.69, 9.17) is 22.8 Å². The van der Waals surface area contributed by atoms with E-state index in [1.54, 1.807) is 25.8 Å². The van der Waals surface area contributed by atoms with Gasteiger partial charge in [0.05, 0.1) is 19.7 Å². The molecule has 180 valence electrons. The molecule has 7 nitrogen and oxygen atoms in total. The monoisotopic (exact) mass is 464 g/mol. The summed E-state index contributed by atoms with van der Waals surface area (Å²) < 4.78 is 26.1. The Morgan fingerprint density at radius 1 is 0.912 bits per heavy atom. The summed E-state index contributed by atoms with van der Waals surface area (Å²) in [7, 11) is 2.50. The summed E-state index contributed by atoms with van der Waals surface area (Å²) in [5.41, 5.74) is 2.15. The van der Waals surface area contributed by atoms with Crippen molar-refractivity contribution in [1.82, 2.24) is 9.97 Å². The number of nitrogens with zero attached hydrogens (tertiary/aromatic N) is 2. The molecule has 0 bridgehead atoms. The van der Waals surface area contributed by atoms with Crippen LogP contribution in [0.4, 0.5) is 0 Å². The van der Waals surface area contributed by atoms with Gasteiger partial charge in [0.25, 0.3) is 0 Å². The van der Waals surface area contributed by atoms with Crippen LogP contribution < -0.4 is 0 Å². The number of hydrogen-bond donors (Lipinski definition) is 2. The fourth-order valence-corrected chi connectivity index (χ4v) is 3.32. The van der Waals surface area contributed by atoms with Crippen LogP contribution in [-0.4, -0.2) is 41.3 Å². The van der Waals surface area contributed by atoms with Gasteiger partial charge in [0.2, 0.25) is 0 Å². The van der Waals surface area contributed by atoms with Crippen molar-refractivity contribution in [2.75, 3.05) is 0 Å². The zero-order valence-corrected chi connectivity index (χ0v) is 21.4. The zero-order valence-electron chi connectivity index (χ0n) is 23.4. The largest absolute Gasteiger partial charge is 0.487 e. The van der Waals surface area contributed by atoms with Gasteiger partial charge in [-0.2, -0.15) is 0 Å². The molecule has 4 heterocycles. The molecular weight excluding hydrogens is 426 g/mol. The SMILES string of the molecule is CB=N.CB=N.[2H]c1ccc2c(n1)[C@@H](C)C(C)(C)OC2=O.[2H]c1ccc2c(n1)[C@H](C)C(C)(C)OC2=C. The molecular formula is C25H36B2N4O3. The van der Waals surface area contributed by atoms with Gasteiger partial charge in [-0.15, -0.1) is 0 Å². The normalized spacial score (nSPS) is 21.1. The van der Waals surface area contributed by atoms with Gasteiger partial charge >= 0.3 is 44.4 Å². The molecule has 4 rings (SSSR count). The number of carbonyl (C=O) groups excluding carboxylic acids is 1. The van der Waals surface area contributed by atoms with E-state index in [0.29, 0.717) is 23.2 Å². The van der Waals surface area contributed by atoms with Gasteiger partial charge in [-0.1, -0.05) is 20.4 Å². The third-order valence-electron chi connectivity index (χ3n) is 5.74. The molecule has 34 heavy (non-hydrogen) atoms. The predicted octanol–water partition coefficient (Wildman–Crippen LogP) is 6.10. The van der Waals surface area contributed by atoms with Crippen molar-refractivity contribution >= 4 is 25.9 Å². The molecule has 0 fully saturated rings. The molecule has 2 aromatic rings. The van der Waals surface area contributed by atoms with Crippen LogP contribution in [0, 0.1) is 10.6 Å². The summed E-state index contributed by atoms with van der Waals surface area (Å²) >= 11 is 0. The Morgan fingerprint density at radius 3 is 1.76 bits per heavy atom. The minimum Gasteiger partial charge on any atom is -0.487 e. The van der Waals surface area contributed by atoms with E-state index in [2.05, 4.69) is 23.5 Å². The summed E-state index contributed by atoms with van der Waals surface area (Å²) in [6.07, 6.45) is 0.484. The minimum absolute atomic E-state index is 0.00972. The first-order valence-corrected chi connectivity index (χ1v) is 11.1. The maximum Gasteiger partial charge on any atom is 0.340 e. The number of cyclic esters (lactones) is 1. The van der Waals surface area contributed by atoms with Crippen molar-refractivity contribution in [2.45, 2.75) is 78.2 Å². The van der Waals surface area contributed by atoms with Crippen molar-refractivity contribution in [3.63, 3.8) is 0 Å². The van der Waals surface area contributed by atoms with Crippen molar-refractivity contribution in [1.29, 1.82) is 10.6 Å². The number of esters is 1. The molecule has 0 radical (unpaired) electrons. The Bertz CT molecular complexity index is 1040. The topological polar surface area (TPSA) is 109 Å². The Balaban J connectivity index is 0.000000296. The van der Waals surface area contributed by atoms with E-state index in [1.807, 2.05) is 40.7 Å². The van der Waals surface area contributed by atoms with Gasteiger partial charge in [-0.3, -0.25) is 9.97 Å². The molecule has 0 saturated heterocycles. The Morgan fingerprint density at radius 2 is 1.29 bits per heavy atom.